The van der Waals surface area contributed by atoms with Gasteiger partial charge in [-0.05, 0) is 58.7 Å². The molecule has 0 N–H and O–H groups in total. The van der Waals surface area contributed by atoms with Gasteiger partial charge in [0.05, 0.1) is 51.3 Å². The first-order valence-electron chi connectivity index (χ1n) is 29.5. The topological polar surface area (TPSA) is 236 Å². The van der Waals surface area contributed by atoms with Gasteiger partial charge in [-0.15, -0.1) is 0 Å². The van der Waals surface area contributed by atoms with Crippen molar-refractivity contribution in [2.45, 2.75) is 115 Å². The molecule has 472 valence electrons. The Kier molecular flexibility index (Phi) is 21.8. The summed E-state index contributed by atoms with van der Waals surface area (Å²) < 4.78 is 88.7. The number of rotatable bonds is 25. The quantitative estimate of drug-likeness (QED) is 0.0294. The van der Waals surface area contributed by atoms with Crippen molar-refractivity contribution in [2.24, 2.45) is 0 Å². The molecule has 0 unspecified atom stereocenters. The Morgan fingerprint density at radius 1 is 0.484 bits per heavy atom. The molecule has 0 saturated carbocycles. The van der Waals surface area contributed by atoms with Crippen LogP contribution < -0.4 is 19.6 Å². The molecular formula is C71H68O20. The third-order valence-corrected chi connectivity index (χ3v) is 14.9. The molecule has 2 aliphatic rings. The molecule has 0 amide bonds. The van der Waals surface area contributed by atoms with Crippen LogP contribution in [0.5, 0.6) is 17.2 Å². The molecule has 8 aromatic rings. The highest BCUT2D eigenvalue weighted by Crippen LogP contribution is 2.48. The molecule has 10 rings (SSSR count). The van der Waals surface area contributed by atoms with E-state index in [1.54, 1.807) is 42.5 Å². The molecule has 0 bridgehead atoms. The summed E-state index contributed by atoms with van der Waals surface area (Å²) in [5.74, 6) is -3.87. The molecular weight excluding hydrogens is 1170 g/mol. The zero-order valence-corrected chi connectivity index (χ0v) is 50.6. The van der Waals surface area contributed by atoms with Crippen LogP contribution in [0.25, 0.3) is 22.3 Å². The number of ether oxygens (including phenoxy) is 13. The van der Waals surface area contributed by atoms with Crippen LogP contribution in [0.1, 0.15) is 72.0 Å². The number of hydrogen-bond acceptors (Lipinski definition) is 20. The zero-order valence-electron chi connectivity index (χ0n) is 50.6. The zero-order chi connectivity index (χ0) is 63.8. The Hall–Kier alpha value is -9.54. The average molecular weight is 1240 g/mol. The summed E-state index contributed by atoms with van der Waals surface area (Å²) in [6, 6.07) is 55.8. The summed E-state index contributed by atoms with van der Waals surface area (Å²) in [5, 5.41) is -0.140. The summed E-state index contributed by atoms with van der Waals surface area (Å²) in [7, 11) is 1.43. The van der Waals surface area contributed by atoms with E-state index < -0.39 is 103 Å². The van der Waals surface area contributed by atoms with Gasteiger partial charge in [0.2, 0.25) is 12.4 Å². The van der Waals surface area contributed by atoms with E-state index in [2.05, 4.69) is 0 Å². The molecule has 0 spiro atoms. The van der Waals surface area contributed by atoms with Crippen molar-refractivity contribution < 1.29 is 90.0 Å². The lowest BCUT2D eigenvalue weighted by Gasteiger charge is -2.46. The minimum atomic E-state index is -1.53. The number of carbonyl (C=O) groups excluding carboxylic acids is 5. The summed E-state index contributed by atoms with van der Waals surface area (Å²) in [4.78, 5) is 79.2. The second kappa shape index (κ2) is 30.8. The second-order valence-corrected chi connectivity index (χ2v) is 21.5. The number of hydrogen-bond donors (Lipinski definition) is 0. The van der Waals surface area contributed by atoms with Crippen LogP contribution in [0.3, 0.4) is 0 Å². The van der Waals surface area contributed by atoms with Gasteiger partial charge in [-0.1, -0.05) is 140 Å². The van der Waals surface area contributed by atoms with Crippen molar-refractivity contribution >= 4 is 40.8 Å². The van der Waals surface area contributed by atoms with Gasteiger partial charge in [-0.25, -0.2) is 4.79 Å². The van der Waals surface area contributed by atoms with E-state index in [0.29, 0.717) is 5.56 Å². The summed E-state index contributed by atoms with van der Waals surface area (Å²) in [5.41, 5.74) is 3.49. The highest BCUT2D eigenvalue weighted by Gasteiger charge is 2.54. The number of methoxy groups -OCH3 is 1. The Labute approximate surface area is 524 Å². The second-order valence-electron chi connectivity index (χ2n) is 21.5. The lowest BCUT2D eigenvalue weighted by Crippen LogP contribution is -2.63. The molecule has 91 heavy (non-hydrogen) atoms. The summed E-state index contributed by atoms with van der Waals surface area (Å²) >= 11 is 0. The summed E-state index contributed by atoms with van der Waals surface area (Å²) in [6.07, 6.45) is -12.3. The van der Waals surface area contributed by atoms with Gasteiger partial charge < -0.3 is 66.0 Å². The smallest absolute Gasteiger partial charge is 0.343 e. The van der Waals surface area contributed by atoms with Crippen LogP contribution >= 0.6 is 0 Å². The highest BCUT2D eigenvalue weighted by atomic mass is 16.7. The Balaban J connectivity index is 1.07. The van der Waals surface area contributed by atoms with Gasteiger partial charge in [0.1, 0.15) is 71.5 Å². The van der Waals surface area contributed by atoms with Crippen molar-refractivity contribution in [1.29, 1.82) is 0 Å². The molecule has 0 aliphatic carbocycles. The molecule has 7 aromatic carbocycles. The van der Waals surface area contributed by atoms with E-state index >= 15 is 4.79 Å². The van der Waals surface area contributed by atoms with Crippen LogP contribution in [0.2, 0.25) is 0 Å². The maximum absolute atomic E-state index is 15.2. The van der Waals surface area contributed by atoms with Crippen LogP contribution in [-0.4, -0.2) is 105 Å². The van der Waals surface area contributed by atoms with Gasteiger partial charge in [0, 0.05) is 45.4 Å². The predicted molar refractivity (Wildman–Crippen MR) is 327 cm³/mol. The summed E-state index contributed by atoms with van der Waals surface area (Å²) in [6.45, 7) is 4.58. The van der Waals surface area contributed by atoms with Crippen LogP contribution in [0.4, 0.5) is 0 Å². The van der Waals surface area contributed by atoms with E-state index in [4.69, 9.17) is 66.0 Å². The Morgan fingerprint density at radius 2 is 0.978 bits per heavy atom. The first kappa shape index (κ1) is 64.4. The number of fused-ring (bicyclic) bond motifs is 1. The van der Waals surface area contributed by atoms with Crippen LogP contribution in [0, 0.1) is 0 Å². The molecule has 1 aromatic heterocycles. The molecule has 10 atom stereocenters. The monoisotopic (exact) mass is 1240 g/mol. The van der Waals surface area contributed by atoms with Crippen molar-refractivity contribution in [3.05, 3.63) is 232 Å². The van der Waals surface area contributed by atoms with Gasteiger partial charge in [0.25, 0.3) is 0 Å². The molecule has 3 heterocycles. The predicted octanol–water partition coefficient (Wildman–Crippen LogP) is 10.6. The minimum absolute atomic E-state index is 0.0196. The molecule has 20 nitrogen and oxygen atoms in total. The van der Waals surface area contributed by atoms with E-state index in [1.165, 1.54) is 31.4 Å². The molecule has 0 radical (unpaired) electrons. The third-order valence-electron chi connectivity index (χ3n) is 14.9. The highest BCUT2D eigenvalue weighted by molar-refractivity contribution is 5.96. The number of carbonyl (C=O) groups is 5. The van der Waals surface area contributed by atoms with Crippen LogP contribution in [0.15, 0.2) is 197 Å². The average Bonchev–Trinajstić information content (AvgIpc) is 0.789. The fourth-order valence-electron chi connectivity index (χ4n) is 10.8. The first-order chi connectivity index (χ1) is 44.2. The standard InChI is InChI=1S/C71H68O20/c1-43(72)80-42-59-63(84-44(2)73)68(85-45(3)74)69(86-46(4)75)71(90-59)87-53-33-31-51(32-34-53)55-35-54(76)60-57(88-55)36-56(78-5)61(64(60)91-70(77)52-29-19-10-20-30-52)65-67(83-40-50-27-17-9-18-28-50)66(82-39-49-25-15-8-16-26-49)62(81-38-48-23-13-7-14-24-48)58(89-65)41-79-37-47-21-11-6-12-22-47/h6-36,58-59,62-63,65-69,71H,37-42H2,1-5H3/t58-,59-,62-,63-,65+,66+,67+,68+,69-,71-/m1/s1. The van der Waals surface area contributed by atoms with E-state index in [9.17, 15) is 24.0 Å². The lowest BCUT2D eigenvalue weighted by atomic mass is 9.88. The molecule has 2 saturated heterocycles. The van der Waals surface area contributed by atoms with Crippen molar-refractivity contribution in [3.63, 3.8) is 0 Å². The molecule has 20 heteroatoms. The fraction of sp³-hybridized carbons (Fsp3) is 0.296. The van der Waals surface area contributed by atoms with E-state index in [-0.39, 0.29) is 78.1 Å². The van der Waals surface area contributed by atoms with Gasteiger partial charge in [0.15, 0.2) is 23.4 Å². The molecule has 2 aliphatic heterocycles. The maximum Gasteiger partial charge on any atom is 0.343 e. The molecule has 2 fully saturated rings. The number of benzene rings is 7. The Morgan fingerprint density at radius 3 is 1.52 bits per heavy atom. The SMILES string of the molecule is COc1cc2oc(-c3ccc(O[C@@H]4O[C@H](COC(C)=O)[C@@H](OC(C)=O)[C@H](OC(C)=O)[C@H]4OC(C)=O)cc3)cc(=O)c2c(OC(=O)c2ccccc2)c1[C@@H]1O[C@H](COCc2ccccc2)[C@@H](OCc2ccccc2)[C@H](OCc2ccccc2)[C@H]1OCc1ccccc1. The normalized spacial score (nSPS) is 21.2. The maximum atomic E-state index is 15.2. The lowest BCUT2D eigenvalue weighted by molar-refractivity contribution is -0.288. The van der Waals surface area contributed by atoms with Crippen molar-refractivity contribution in [3.8, 4) is 28.6 Å². The first-order valence-corrected chi connectivity index (χ1v) is 29.5. The Bertz CT molecular complexity index is 3790. The van der Waals surface area contributed by atoms with Gasteiger partial charge in [-0.2, -0.15) is 0 Å². The van der Waals surface area contributed by atoms with Gasteiger partial charge in [-0.3, -0.25) is 24.0 Å². The largest absolute Gasteiger partial charge is 0.496 e. The van der Waals surface area contributed by atoms with E-state index in [0.717, 1.165) is 49.9 Å². The number of esters is 5. The van der Waals surface area contributed by atoms with Crippen molar-refractivity contribution in [2.75, 3.05) is 20.3 Å². The van der Waals surface area contributed by atoms with Crippen molar-refractivity contribution in [1.82, 2.24) is 0 Å². The van der Waals surface area contributed by atoms with Crippen LogP contribution in [-0.2, 0) is 93.0 Å². The van der Waals surface area contributed by atoms with Gasteiger partial charge >= 0.3 is 29.8 Å². The fourth-order valence-corrected chi connectivity index (χ4v) is 10.8. The minimum Gasteiger partial charge on any atom is -0.496 e. The third kappa shape index (κ3) is 16.7. The van der Waals surface area contributed by atoms with E-state index in [1.807, 2.05) is 121 Å².